The molecule has 0 heterocycles. The Labute approximate surface area is 118 Å². The fraction of sp³-hybridized carbons (Fsp3) is 0.188. The molecule has 1 amide bonds. The van der Waals surface area contributed by atoms with Crippen molar-refractivity contribution in [2.45, 2.75) is 19.1 Å². The second kappa shape index (κ2) is 6.32. The van der Waals surface area contributed by atoms with Crippen molar-refractivity contribution in [1.82, 2.24) is 0 Å². The highest BCUT2D eigenvalue weighted by Gasteiger charge is 2.17. The quantitative estimate of drug-likeness (QED) is 0.798. The summed E-state index contributed by atoms with van der Waals surface area (Å²) in [5, 5.41) is 12.5. The van der Waals surface area contributed by atoms with Gasteiger partial charge in [0, 0.05) is 11.3 Å². The van der Waals surface area contributed by atoms with Crippen LogP contribution >= 0.6 is 0 Å². The topological polar surface area (TPSA) is 75.3 Å². The van der Waals surface area contributed by atoms with Gasteiger partial charge in [-0.15, -0.1) is 0 Å². The lowest BCUT2D eigenvalue weighted by Crippen LogP contribution is -2.28. The van der Waals surface area contributed by atoms with Crippen molar-refractivity contribution < 1.29 is 9.90 Å². The number of aliphatic hydroxyl groups is 1. The van der Waals surface area contributed by atoms with Gasteiger partial charge in [-0.25, -0.2) is 0 Å². The maximum Gasteiger partial charge on any atom is 0.245 e. The monoisotopic (exact) mass is 270 g/mol. The van der Waals surface area contributed by atoms with Gasteiger partial charge in [0.15, 0.2) is 0 Å². The molecule has 2 aromatic rings. The molecular formula is C16H18N2O2. The van der Waals surface area contributed by atoms with E-state index in [1.165, 1.54) is 0 Å². The first-order chi connectivity index (χ1) is 9.59. The van der Waals surface area contributed by atoms with E-state index in [0.29, 0.717) is 11.3 Å². The van der Waals surface area contributed by atoms with Crippen LogP contribution < -0.4 is 11.1 Å². The minimum absolute atomic E-state index is 0.302. The second-order valence-electron chi connectivity index (χ2n) is 4.64. The van der Waals surface area contributed by atoms with E-state index >= 15 is 0 Å². The lowest BCUT2D eigenvalue weighted by molar-refractivity contribution is -0.117. The summed E-state index contributed by atoms with van der Waals surface area (Å²) in [6.07, 6.45) is -0.653. The van der Waals surface area contributed by atoms with Gasteiger partial charge >= 0.3 is 0 Å². The van der Waals surface area contributed by atoms with Crippen molar-refractivity contribution >= 4 is 11.6 Å². The van der Waals surface area contributed by atoms with Gasteiger partial charge in [0.2, 0.25) is 5.91 Å². The predicted molar refractivity (Wildman–Crippen MR) is 79.1 cm³/mol. The second-order valence-corrected chi connectivity index (χ2v) is 4.64. The van der Waals surface area contributed by atoms with Crippen LogP contribution in [0.3, 0.4) is 0 Å². The smallest absolute Gasteiger partial charge is 0.245 e. The zero-order valence-corrected chi connectivity index (χ0v) is 11.3. The van der Waals surface area contributed by atoms with Crippen LogP contribution in [0.5, 0.6) is 0 Å². The van der Waals surface area contributed by atoms with Crippen molar-refractivity contribution in [3.05, 3.63) is 65.7 Å². The molecule has 0 spiro atoms. The first kappa shape index (κ1) is 14.2. The number of nitrogens with two attached hydrogens (primary N) is 1. The molecule has 2 atom stereocenters. The lowest BCUT2D eigenvalue weighted by Gasteiger charge is -2.16. The molecule has 0 aliphatic rings. The number of aliphatic hydroxyl groups excluding tert-OH is 1. The molecule has 20 heavy (non-hydrogen) atoms. The normalized spacial score (nSPS) is 13.6. The molecule has 0 fully saturated rings. The van der Waals surface area contributed by atoms with Crippen molar-refractivity contribution in [1.29, 1.82) is 0 Å². The number of hydrogen-bond donors (Lipinski definition) is 3. The van der Waals surface area contributed by atoms with E-state index in [9.17, 15) is 9.90 Å². The van der Waals surface area contributed by atoms with Gasteiger partial charge in [-0.1, -0.05) is 48.5 Å². The minimum Gasteiger partial charge on any atom is -0.389 e. The number of para-hydroxylation sites is 1. The number of benzene rings is 2. The van der Waals surface area contributed by atoms with Gasteiger partial charge in [-0.3, -0.25) is 4.79 Å². The summed E-state index contributed by atoms with van der Waals surface area (Å²) < 4.78 is 0. The molecule has 0 aliphatic carbocycles. The Kier molecular flexibility index (Phi) is 4.50. The summed E-state index contributed by atoms with van der Waals surface area (Å²) in [5.41, 5.74) is 7.94. The average molecular weight is 270 g/mol. The van der Waals surface area contributed by atoms with Crippen molar-refractivity contribution in [3.8, 4) is 0 Å². The molecule has 4 nitrogen and oxygen atoms in total. The number of anilines is 1. The molecule has 104 valence electrons. The average Bonchev–Trinajstić information content (AvgIpc) is 2.47. The van der Waals surface area contributed by atoms with Crippen LogP contribution in [0.2, 0.25) is 0 Å². The van der Waals surface area contributed by atoms with E-state index in [1.807, 2.05) is 36.4 Å². The Bertz CT molecular complexity index is 582. The maximum atomic E-state index is 12.2. The van der Waals surface area contributed by atoms with Crippen LogP contribution in [0.25, 0.3) is 0 Å². The number of carbonyl (C=O) groups is 1. The van der Waals surface area contributed by atoms with E-state index < -0.39 is 12.1 Å². The molecule has 0 saturated heterocycles. The van der Waals surface area contributed by atoms with Crippen molar-refractivity contribution in [2.24, 2.45) is 5.73 Å². The van der Waals surface area contributed by atoms with Gasteiger partial charge < -0.3 is 16.2 Å². The predicted octanol–water partition coefficient (Wildman–Crippen LogP) is 2.38. The van der Waals surface area contributed by atoms with Gasteiger partial charge in [0.05, 0.1) is 6.10 Å². The molecule has 2 rings (SSSR count). The molecule has 4 heteroatoms. The van der Waals surface area contributed by atoms with Crippen LogP contribution in [0, 0.1) is 0 Å². The van der Waals surface area contributed by atoms with Crippen molar-refractivity contribution in [2.75, 3.05) is 5.32 Å². The highest BCUT2D eigenvalue weighted by Crippen LogP contribution is 2.23. The summed E-state index contributed by atoms with van der Waals surface area (Å²) >= 11 is 0. The van der Waals surface area contributed by atoms with Gasteiger partial charge in [0.1, 0.15) is 6.04 Å². The largest absolute Gasteiger partial charge is 0.389 e. The molecule has 0 aromatic heterocycles. The third kappa shape index (κ3) is 3.23. The molecule has 1 unspecified atom stereocenters. The Hall–Kier alpha value is -2.17. The Balaban J connectivity index is 2.16. The van der Waals surface area contributed by atoms with E-state index in [-0.39, 0.29) is 5.91 Å². The molecule has 4 N–H and O–H groups in total. The Morgan fingerprint density at radius 1 is 1.10 bits per heavy atom. The van der Waals surface area contributed by atoms with Crippen molar-refractivity contribution in [3.63, 3.8) is 0 Å². The summed E-state index contributed by atoms with van der Waals surface area (Å²) in [6.45, 7) is 1.65. The zero-order chi connectivity index (χ0) is 14.5. The van der Waals surface area contributed by atoms with E-state index in [1.54, 1.807) is 25.1 Å². The zero-order valence-electron chi connectivity index (χ0n) is 11.3. The van der Waals surface area contributed by atoms with E-state index in [2.05, 4.69) is 5.32 Å². The third-order valence-corrected chi connectivity index (χ3v) is 3.11. The van der Waals surface area contributed by atoms with Gasteiger partial charge in [0.25, 0.3) is 0 Å². The third-order valence-electron chi connectivity index (χ3n) is 3.11. The standard InChI is InChI=1S/C16H18N2O2/c1-11(19)13-9-5-6-10-14(13)18-16(20)15(17)12-7-3-2-4-8-12/h2-11,15,19H,17H2,1H3,(H,18,20)/t11?,15-/m0/s1. The lowest BCUT2D eigenvalue weighted by atomic mass is 10.1. The van der Waals surface area contributed by atoms with Crippen LogP contribution in [0.1, 0.15) is 30.2 Å². The summed E-state index contributed by atoms with van der Waals surface area (Å²) in [7, 11) is 0. The van der Waals surface area contributed by atoms with Gasteiger partial charge in [-0.05, 0) is 18.6 Å². The van der Waals surface area contributed by atoms with Crippen LogP contribution in [0.15, 0.2) is 54.6 Å². The highest BCUT2D eigenvalue weighted by molar-refractivity contribution is 5.96. The fourth-order valence-electron chi connectivity index (χ4n) is 2.00. The SMILES string of the molecule is CC(O)c1ccccc1NC(=O)[C@@H](N)c1ccccc1. The Morgan fingerprint density at radius 2 is 1.70 bits per heavy atom. The highest BCUT2D eigenvalue weighted by atomic mass is 16.3. The number of amides is 1. The first-order valence-corrected chi connectivity index (χ1v) is 6.48. The summed E-state index contributed by atoms with van der Waals surface area (Å²) in [4.78, 5) is 12.2. The molecular weight excluding hydrogens is 252 g/mol. The molecule has 0 saturated carbocycles. The first-order valence-electron chi connectivity index (χ1n) is 6.48. The number of nitrogens with one attached hydrogen (secondary N) is 1. The fourth-order valence-corrected chi connectivity index (χ4v) is 2.00. The minimum atomic E-state index is -0.738. The Morgan fingerprint density at radius 3 is 2.35 bits per heavy atom. The molecule has 2 aromatic carbocycles. The van der Waals surface area contributed by atoms with Crippen LogP contribution in [-0.4, -0.2) is 11.0 Å². The summed E-state index contributed by atoms with van der Waals surface area (Å²) in [5.74, 6) is -0.302. The number of rotatable bonds is 4. The van der Waals surface area contributed by atoms with Crippen LogP contribution in [-0.2, 0) is 4.79 Å². The van der Waals surface area contributed by atoms with E-state index in [4.69, 9.17) is 5.73 Å². The molecule has 0 radical (unpaired) electrons. The maximum absolute atomic E-state index is 12.2. The van der Waals surface area contributed by atoms with E-state index in [0.717, 1.165) is 5.56 Å². The molecule has 0 bridgehead atoms. The number of hydrogen-bond acceptors (Lipinski definition) is 3. The molecule has 0 aliphatic heterocycles. The number of carbonyl (C=O) groups excluding carboxylic acids is 1. The summed E-state index contributed by atoms with van der Waals surface area (Å²) in [6, 6.07) is 15.6. The van der Waals surface area contributed by atoms with Gasteiger partial charge in [-0.2, -0.15) is 0 Å². The van der Waals surface area contributed by atoms with Crippen LogP contribution in [0.4, 0.5) is 5.69 Å².